The van der Waals surface area contributed by atoms with E-state index in [1.807, 2.05) is 0 Å². The number of carboxylic acid groups (broad SMARTS) is 2. The number of aryl methyl sites for hydroxylation is 2. The molecule has 122 valence electrons. The van der Waals surface area contributed by atoms with E-state index in [-0.39, 0.29) is 74.0 Å². The van der Waals surface area contributed by atoms with Crippen LogP contribution < -0.4 is 59.1 Å². The van der Waals surface area contributed by atoms with Gasteiger partial charge in [-0.1, -0.05) is 19.8 Å². The number of rotatable bonds is 7. The molecule has 0 atom stereocenters. The van der Waals surface area contributed by atoms with Gasteiger partial charge in [-0.2, -0.15) is 0 Å². The Balaban J connectivity index is -0.00000132. The average Bonchev–Trinajstić information content (AvgIpc) is 2.75. The van der Waals surface area contributed by atoms with Crippen molar-refractivity contribution in [3.63, 3.8) is 0 Å². The van der Waals surface area contributed by atoms with E-state index >= 15 is 0 Å². The molecule has 0 aliphatic carbocycles. The van der Waals surface area contributed by atoms with E-state index in [9.17, 15) is 14.7 Å². The van der Waals surface area contributed by atoms with Crippen molar-refractivity contribution in [3.8, 4) is 0 Å². The molecule has 2 rings (SSSR count). The smallest absolute Gasteiger partial charge is 1.00 e. The summed E-state index contributed by atoms with van der Waals surface area (Å²) in [5, 5.41) is 19.2. The van der Waals surface area contributed by atoms with Crippen LogP contribution >= 0.6 is 0 Å². The largest absolute Gasteiger partial charge is 1.00 e. The minimum Gasteiger partial charge on any atom is -1.00 e. The second kappa shape index (κ2) is 10.6. The van der Waals surface area contributed by atoms with Crippen molar-refractivity contribution in [2.75, 3.05) is 0 Å². The van der Waals surface area contributed by atoms with Crippen LogP contribution in [-0.2, 0) is 17.6 Å². The summed E-state index contributed by atoms with van der Waals surface area (Å²) in [5.41, 5.74) is 3.28. The third-order valence-electron chi connectivity index (χ3n) is 3.93. The molecule has 2 aromatic rings. The second-order valence-corrected chi connectivity index (χ2v) is 5.63. The molecular weight excluding hydrogens is 328 g/mol. The van der Waals surface area contributed by atoms with Crippen molar-refractivity contribution in [3.05, 3.63) is 34.5 Å². The van der Waals surface area contributed by atoms with E-state index in [4.69, 9.17) is 5.11 Å². The van der Waals surface area contributed by atoms with Crippen LogP contribution in [0.5, 0.6) is 0 Å². The van der Waals surface area contributed by atoms with Gasteiger partial charge >= 0.3 is 71.1 Å². The van der Waals surface area contributed by atoms with Gasteiger partial charge in [-0.05, 0) is 43.0 Å². The molecule has 0 saturated heterocycles. The van der Waals surface area contributed by atoms with Crippen LogP contribution in [0.15, 0.2) is 12.1 Å². The number of aliphatic carboxylic acids is 1. The molecule has 0 unspecified atom stereocenters. The Kier molecular flexibility index (Phi) is 10.5. The summed E-state index contributed by atoms with van der Waals surface area (Å²) in [6.45, 7) is 3.85. The van der Waals surface area contributed by atoms with E-state index in [2.05, 4.69) is 11.9 Å². The molecule has 5 nitrogen and oxygen atoms in total. The van der Waals surface area contributed by atoms with Crippen LogP contribution in [0.1, 0.15) is 56.2 Å². The number of aromatic carboxylic acids is 1. The molecular formula is C17H23NNa2O4. The van der Waals surface area contributed by atoms with Crippen molar-refractivity contribution >= 4 is 22.8 Å². The maximum Gasteiger partial charge on any atom is 1.00 e. The van der Waals surface area contributed by atoms with Crippen LogP contribution in [0.4, 0.5) is 0 Å². The normalized spacial score (nSPS) is 10.1. The first-order valence-electron chi connectivity index (χ1n) is 7.53. The number of carboxylic acids is 2. The van der Waals surface area contributed by atoms with Gasteiger partial charge in [0.25, 0.3) is 0 Å². The van der Waals surface area contributed by atoms with Gasteiger partial charge in [0.2, 0.25) is 0 Å². The Labute approximate surface area is 188 Å². The molecule has 1 aromatic carbocycles. The Bertz CT molecular complexity index is 735. The maximum atomic E-state index is 11.2. The molecule has 3 N–H and O–H groups in total. The van der Waals surface area contributed by atoms with Crippen molar-refractivity contribution < 1.29 is 81.8 Å². The topological polar surface area (TPSA) is 90.4 Å². The molecule has 0 fully saturated rings. The Morgan fingerprint density at radius 1 is 1.17 bits per heavy atom. The van der Waals surface area contributed by atoms with E-state index in [0.717, 1.165) is 42.3 Å². The van der Waals surface area contributed by atoms with Crippen LogP contribution in [-0.4, -0.2) is 27.1 Å². The van der Waals surface area contributed by atoms with Gasteiger partial charge in [0, 0.05) is 16.6 Å². The quantitative estimate of drug-likeness (QED) is 0.389. The number of aromatic amines is 1. The molecule has 24 heavy (non-hydrogen) atoms. The number of hydrogen-bond donors (Lipinski definition) is 3. The van der Waals surface area contributed by atoms with Crippen molar-refractivity contribution in [1.82, 2.24) is 4.98 Å². The maximum absolute atomic E-state index is 11.2. The molecule has 0 aliphatic rings. The number of carbonyl (C=O) groups is 2. The van der Waals surface area contributed by atoms with Crippen LogP contribution in [0.3, 0.4) is 0 Å². The first kappa shape index (κ1) is 23.7. The predicted molar refractivity (Wildman–Crippen MR) is 86.8 cm³/mol. The number of unbranched alkanes of at least 4 members (excludes halogenated alkanes) is 2. The molecule has 0 radical (unpaired) electrons. The SMILES string of the molecule is CCCCCc1[nH]c2cc(C(=O)O)c(C)cc2c1CC(=O)O.[H-].[H-].[Na+].[Na+]. The van der Waals surface area contributed by atoms with E-state index in [0.29, 0.717) is 11.1 Å². The molecule has 0 amide bonds. The van der Waals surface area contributed by atoms with E-state index in [1.54, 1.807) is 19.1 Å². The summed E-state index contributed by atoms with van der Waals surface area (Å²) in [7, 11) is 0. The zero-order valence-corrected chi connectivity index (χ0v) is 18.9. The zero-order chi connectivity index (χ0) is 16.3. The number of hydrogen-bond acceptors (Lipinski definition) is 2. The Hall–Kier alpha value is -0.300. The fourth-order valence-electron chi connectivity index (χ4n) is 2.81. The molecule has 0 spiro atoms. The van der Waals surface area contributed by atoms with Gasteiger partial charge in [0.05, 0.1) is 12.0 Å². The Morgan fingerprint density at radius 2 is 1.83 bits per heavy atom. The van der Waals surface area contributed by atoms with E-state index in [1.165, 1.54) is 0 Å². The summed E-state index contributed by atoms with van der Waals surface area (Å²) in [4.78, 5) is 25.6. The first-order chi connectivity index (χ1) is 10.4. The summed E-state index contributed by atoms with van der Waals surface area (Å²) in [5.74, 6) is -1.85. The number of fused-ring (bicyclic) bond motifs is 1. The number of aromatic nitrogens is 1. The fraction of sp³-hybridized carbons (Fsp3) is 0.412. The van der Waals surface area contributed by atoms with E-state index < -0.39 is 11.9 Å². The van der Waals surface area contributed by atoms with Crippen molar-refractivity contribution in [2.24, 2.45) is 0 Å². The molecule has 0 aliphatic heterocycles. The number of benzene rings is 1. The van der Waals surface area contributed by atoms with Crippen molar-refractivity contribution in [2.45, 2.75) is 46.0 Å². The predicted octanol–water partition coefficient (Wildman–Crippen LogP) is -2.23. The summed E-state index contributed by atoms with van der Waals surface area (Å²) in [6.07, 6.45) is 3.90. The fourth-order valence-corrected chi connectivity index (χ4v) is 2.81. The molecule has 7 heteroatoms. The third kappa shape index (κ3) is 5.61. The van der Waals surface area contributed by atoms with Gasteiger partial charge in [0.1, 0.15) is 0 Å². The summed E-state index contributed by atoms with van der Waals surface area (Å²) in [6, 6.07) is 3.37. The minimum absolute atomic E-state index is 0. The van der Waals surface area contributed by atoms with Crippen LogP contribution in [0.25, 0.3) is 10.9 Å². The zero-order valence-electron chi connectivity index (χ0n) is 16.9. The molecule has 1 aromatic heterocycles. The molecule has 1 heterocycles. The third-order valence-corrected chi connectivity index (χ3v) is 3.93. The van der Waals surface area contributed by atoms with Crippen molar-refractivity contribution in [1.29, 1.82) is 0 Å². The first-order valence-corrected chi connectivity index (χ1v) is 7.53. The monoisotopic (exact) mass is 351 g/mol. The number of nitrogens with one attached hydrogen (secondary N) is 1. The van der Waals surface area contributed by atoms with Crippen LogP contribution in [0, 0.1) is 6.92 Å². The van der Waals surface area contributed by atoms with Gasteiger partial charge < -0.3 is 18.1 Å². The second-order valence-electron chi connectivity index (χ2n) is 5.63. The Morgan fingerprint density at radius 3 is 2.38 bits per heavy atom. The molecule has 0 bridgehead atoms. The number of H-pyrrole nitrogens is 1. The minimum atomic E-state index is -0.971. The summed E-state index contributed by atoms with van der Waals surface area (Å²) < 4.78 is 0. The molecule has 0 saturated carbocycles. The van der Waals surface area contributed by atoms with Crippen LogP contribution in [0.2, 0.25) is 0 Å². The van der Waals surface area contributed by atoms with Gasteiger partial charge in [-0.15, -0.1) is 0 Å². The summed E-state index contributed by atoms with van der Waals surface area (Å²) >= 11 is 0. The van der Waals surface area contributed by atoms with Gasteiger partial charge in [0.15, 0.2) is 0 Å². The average molecular weight is 351 g/mol. The standard InChI is InChI=1S/C17H21NO4.2Na.2H/c1-3-4-5-6-14-13(9-16(19)20)12-7-10(2)11(17(21)22)8-15(12)18-14;;;;/h7-8,18H,3-6,9H2,1-2H3,(H,19,20)(H,21,22);;;;/q;2*+1;2*-1. The van der Waals surface area contributed by atoms with Gasteiger partial charge in [-0.3, -0.25) is 4.79 Å². The van der Waals surface area contributed by atoms with Gasteiger partial charge in [-0.25, -0.2) is 4.79 Å².